The molecular weight excluding hydrogens is 200 g/mol. The fraction of sp³-hybridized carbons (Fsp3) is 0.500. The average molecular weight is 214 g/mol. The van der Waals surface area contributed by atoms with Crippen molar-refractivity contribution in [3.63, 3.8) is 0 Å². The molecule has 2 atom stereocenters. The number of hydrogen-bond donors (Lipinski definition) is 0. The summed E-state index contributed by atoms with van der Waals surface area (Å²) in [6.07, 6.45) is 1.23. The van der Waals surface area contributed by atoms with E-state index in [9.17, 15) is 0 Å². The maximum absolute atomic E-state index is 8.84. The van der Waals surface area contributed by atoms with Crippen LogP contribution in [-0.2, 0) is 0 Å². The van der Waals surface area contributed by atoms with E-state index in [1.807, 2.05) is 12.1 Å². The van der Waals surface area contributed by atoms with Gasteiger partial charge in [-0.1, -0.05) is 6.07 Å². The predicted molar refractivity (Wildman–Crippen MR) is 61.1 cm³/mol. The lowest BCUT2D eigenvalue weighted by molar-refractivity contribution is 0.292. The minimum atomic E-state index is 0.508. The van der Waals surface area contributed by atoms with Gasteiger partial charge >= 0.3 is 0 Å². The lowest BCUT2D eigenvalue weighted by Crippen LogP contribution is -2.44. The van der Waals surface area contributed by atoms with Crippen molar-refractivity contribution in [2.24, 2.45) is 0 Å². The Bertz CT molecular complexity index is 449. The minimum Gasteiger partial charge on any atom is -0.351 e. The Morgan fingerprint density at radius 2 is 2.25 bits per heavy atom. The van der Waals surface area contributed by atoms with Gasteiger partial charge in [0.25, 0.3) is 0 Å². The lowest BCUT2D eigenvalue weighted by atomic mass is 10.2. The molecule has 2 fully saturated rings. The zero-order valence-corrected chi connectivity index (χ0v) is 9.30. The van der Waals surface area contributed by atoms with Gasteiger partial charge in [0.1, 0.15) is 17.6 Å². The zero-order chi connectivity index (χ0) is 11.1. The monoisotopic (exact) mass is 214 g/mol. The van der Waals surface area contributed by atoms with E-state index in [0.29, 0.717) is 17.8 Å². The smallest absolute Gasteiger partial charge is 0.142 e. The summed E-state index contributed by atoms with van der Waals surface area (Å²) in [5.74, 6) is 0.958. The first kappa shape index (κ1) is 9.61. The molecule has 3 rings (SSSR count). The van der Waals surface area contributed by atoms with E-state index in [1.54, 1.807) is 6.07 Å². The Labute approximate surface area is 95.1 Å². The first-order chi connectivity index (χ1) is 7.78. The van der Waals surface area contributed by atoms with Crippen molar-refractivity contribution in [3.05, 3.63) is 23.9 Å². The molecule has 0 aliphatic carbocycles. The summed E-state index contributed by atoms with van der Waals surface area (Å²) in [5, 5.41) is 8.84. The number of piperazine rings is 1. The zero-order valence-electron chi connectivity index (χ0n) is 9.30. The van der Waals surface area contributed by atoms with E-state index in [4.69, 9.17) is 5.26 Å². The van der Waals surface area contributed by atoms with E-state index in [0.717, 1.165) is 18.9 Å². The molecule has 0 aromatic carbocycles. The van der Waals surface area contributed by atoms with Crippen LogP contribution in [-0.4, -0.2) is 42.1 Å². The molecule has 2 bridgehead atoms. The molecule has 16 heavy (non-hydrogen) atoms. The quantitative estimate of drug-likeness (QED) is 0.695. The van der Waals surface area contributed by atoms with Crippen molar-refractivity contribution in [2.75, 3.05) is 25.0 Å². The maximum Gasteiger partial charge on any atom is 0.142 e. The predicted octanol–water partition coefficient (Wildman–Crippen LogP) is 0.846. The van der Waals surface area contributed by atoms with Gasteiger partial charge in [-0.15, -0.1) is 0 Å². The lowest BCUT2D eigenvalue weighted by Gasteiger charge is -2.32. The van der Waals surface area contributed by atoms with Gasteiger partial charge in [-0.05, 0) is 25.6 Å². The second-order valence-corrected chi connectivity index (χ2v) is 4.63. The number of nitrogens with zero attached hydrogens (tertiary/aromatic N) is 4. The third kappa shape index (κ3) is 1.36. The van der Waals surface area contributed by atoms with Gasteiger partial charge in [0.05, 0.1) is 0 Å². The third-order valence-electron chi connectivity index (χ3n) is 3.66. The first-order valence-corrected chi connectivity index (χ1v) is 5.62. The highest BCUT2D eigenvalue weighted by Crippen LogP contribution is 2.32. The summed E-state index contributed by atoms with van der Waals surface area (Å²) in [6.45, 7) is 2.16. The first-order valence-electron chi connectivity index (χ1n) is 5.62. The molecule has 82 valence electrons. The molecule has 1 aromatic heterocycles. The van der Waals surface area contributed by atoms with Crippen LogP contribution in [0.2, 0.25) is 0 Å². The van der Waals surface area contributed by atoms with Crippen LogP contribution in [0.15, 0.2) is 18.2 Å². The molecule has 0 N–H and O–H groups in total. The van der Waals surface area contributed by atoms with Crippen LogP contribution in [0.3, 0.4) is 0 Å². The molecule has 4 heteroatoms. The highest BCUT2D eigenvalue weighted by molar-refractivity contribution is 5.45. The van der Waals surface area contributed by atoms with Crippen molar-refractivity contribution in [1.29, 1.82) is 5.26 Å². The maximum atomic E-state index is 8.84. The van der Waals surface area contributed by atoms with Crippen LogP contribution >= 0.6 is 0 Å². The molecule has 2 aliphatic heterocycles. The van der Waals surface area contributed by atoms with Crippen LogP contribution < -0.4 is 4.90 Å². The second-order valence-electron chi connectivity index (χ2n) is 4.63. The highest BCUT2D eigenvalue weighted by atomic mass is 15.4. The van der Waals surface area contributed by atoms with E-state index >= 15 is 0 Å². The number of anilines is 1. The molecule has 0 unspecified atom stereocenters. The van der Waals surface area contributed by atoms with Crippen LogP contribution in [0.1, 0.15) is 12.1 Å². The molecule has 1 aromatic rings. The van der Waals surface area contributed by atoms with Gasteiger partial charge in [-0.3, -0.25) is 4.90 Å². The van der Waals surface area contributed by atoms with E-state index < -0.39 is 0 Å². The minimum absolute atomic E-state index is 0.508. The van der Waals surface area contributed by atoms with Gasteiger partial charge in [0, 0.05) is 25.2 Å². The van der Waals surface area contributed by atoms with Crippen molar-refractivity contribution < 1.29 is 0 Å². The SMILES string of the molecule is CN1C[C@@H]2C[C@H]1CN2c1cccc(C#N)n1. The summed E-state index contributed by atoms with van der Waals surface area (Å²) in [7, 11) is 2.18. The molecule has 0 radical (unpaired) electrons. The van der Waals surface area contributed by atoms with E-state index in [2.05, 4.69) is 27.9 Å². The molecule has 2 aliphatic rings. The van der Waals surface area contributed by atoms with Crippen LogP contribution in [0.4, 0.5) is 5.82 Å². The molecule has 4 nitrogen and oxygen atoms in total. The average Bonchev–Trinajstić information content (AvgIpc) is 2.88. The van der Waals surface area contributed by atoms with Crippen molar-refractivity contribution in [2.45, 2.75) is 18.5 Å². The van der Waals surface area contributed by atoms with Crippen LogP contribution in [0, 0.1) is 11.3 Å². The summed E-state index contributed by atoms with van der Waals surface area (Å²) in [6, 6.07) is 9.01. The summed E-state index contributed by atoms with van der Waals surface area (Å²) in [5.41, 5.74) is 0.508. The van der Waals surface area contributed by atoms with Gasteiger partial charge in [0.2, 0.25) is 0 Å². The fourth-order valence-corrected chi connectivity index (χ4v) is 2.79. The number of hydrogen-bond acceptors (Lipinski definition) is 4. The molecule has 0 saturated carbocycles. The number of fused-ring (bicyclic) bond motifs is 2. The second kappa shape index (κ2) is 3.46. The highest BCUT2D eigenvalue weighted by Gasteiger charge is 2.41. The van der Waals surface area contributed by atoms with Crippen molar-refractivity contribution in [1.82, 2.24) is 9.88 Å². The molecule has 3 heterocycles. The molecular formula is C12H14N4. The Morgan fingerprint density at radius 3 is 2.88 bits per heavy atom. The summed E-state index contributed by atoms with van der Waals surface area (Å²) >= 11 is 0. The van der Waals surface area contributed by atoms with Crippen molar-refractivity contribution >= 4 is 5.82 Å². The number of nitriles is 1. The number of pyridine rings is 1. The molecule has 0 amide bonds. The normalized spacial score (nSPS) is 28.4. The third-order valence-corrected chi connectivity index (χ3v) is 3.66. The number of rotatable bonds is 1. The summed E-state index contributed by atoms with van der Waals surface area (Å²) in [4.78, 5) is 9.11. The van der Waals surface area contributed by atoms with Crippen molar-refractivity contribution in [3.8, 4) is 6.07 Å². The van der Waals surface area contributed by atoms with E-state index in [-0.39, 0.29) is 0 Å². The topological polar surface area (TPSA) is 43.2 Å². The number of aromatic nitrogens is 1. The number of likely N-dealkylation sites (tertiary alicyclic amines) is 1. The Morgan fingerprint density at radius 1 is 1.38 bits per heavy atom. The fourth-order valence-electron chi connectivity index (χ4n) is 2.79. The molecule has 0 spiro atoms. The van der Waals surface area contributed by atoms with E-state index in [1.165, 1.54) is 6.42 Å². The Hall–Kier alpha value is -1.60. The van der Waals surface area contributed by atoms with Gasteiger partial charge in [-0.25, -0.2) is 4.98 Å². The number of likely N-dealkylation sites (N-methyl/N-ethyl adjacent to an activating group) is 1. The van der Waals surface area contributed by atoms with Crippen LogP contribution in [0.5, 0.6) is 0 Å². The molecule has 2 saturated heterocycles. The van der Waals surface area contributed by atoms with Gasteiger partial charge in [0.15, 0.2) is 0 Å². The van der Waals surface area contributed by atoms with Crippen LogP contribution in [0.25, 0.3) is 0 Å². The standard InChI is InChI=1S/C12H14N4/c1-15-7-11-5-10(15)8-16(11)12-4-2-3-9(6-13)14-12/h2-4,10-11H,5,7-8H2,1H3/t10-,11-/m0/s1. The van der Waals surface area contributed by atoms with Gasteiger partial charge in [-0.2, -0.15) is 5.26 Å². The largest absolute Gasteiger partial charge is 0.351 e. The van der Waals surface area contributed by atoms with Gasteiger partial charge < -0.3 is 4.90 Å². The Kier molecular flexibility index (Phi) is 2.08. The Balaban J connectivity index is 1.87. The summed E-state index contributed by atoms with van der Waals surface area (Å²) < 4.78 is 0.